The van der Waals surface area contributed by atoms with Gasteiger partial charge in [0.1, 0.15) is 0 Å². The third kappa shape index (κ3) is 5.70. The Morgan fingerprint density at radius 3 is 2.33 bits per heavy atom. The van der Waals surface area contributed by atoms with Crippen LogP contribution in [0.1, 0.15) is 27.2 Å². The average Bonchev–Trinajstić information content (AvgIpc) is 1.84. The molecule has 0 radical (unpaired) electrons. The van der Waals surface area contributed by atoms with Gasteiger partial charge in [-0.3, -0.25) is 4.79 Å². The largest absolute Gasteiger partial charge is 0.516 e. The van der Waals surface area contributed by atoms with Crippen LogP contribution in [0.15, 0.2) is 0 Å². The van der Waals surface area contributed by atoms with Crippen LogP contribution in [-0.2, 0) is 14.3 Å². The van der Waals surface area contributed by atoms with Gasteiger partial charge in [0.2, 0.25) is 0 Å². The molecule has 0 saturated heterocycles. The van der Waals surface area contributed by atoms with Gasteiger partial charge < -0.3 is 9.47 Å². The third-order valence-corrected chi connectivity index (χ3v) is 1.03. The Hall–Kier alpha value is -1.06. The summed E-state index contributed by atoms with van der Waals surface area (Å²) in [6, 6.07) is 0. The Kier molecular flexibility index (Phi) is 5.08. The quantitative estimate of drug-likeness (QED) is 0.483. The Balaban J connectivity index is 3.62. The van der Waals surface area contributed by atoms with E-state index in [0.717, 1.165) is 0 Å². The van der Waals surface area contributed by atoms with Gasteiger partial charge in [-0.15, -0.1) is 0 Å². The molecule has 0 spiro atoms. The molecule has 4 nitrogen and oxygen atoms in total. The van der Waals surface area contributed by atoms with E-state index in [9.17, 15) is 9.59 Å². The molecule has 0 bridgehead atoms. The van der Waals surface area contributed by atoms with Crippen molar-refractivity contribution < 1.29 is 19.1 Å². The first-order valence-electron chi connectivity index (χ1n) is 3.93. The molecule has 0 atom stereocenters. The first-order chi connectivity index (χ1) is 5.56. The second kappa shape index (κ2) is 5.57. The lowest BCUT2D eigenvalue weighted by Crippen LogP contribution is -2.15. The van der Waals surface area contributed by atoms with Gasteiger partial charge in [-0.25, -0.2) is 4.79 Å². The molecule has 4 heteroatoms. The number of carbonyl (C=O) groups is 2. The van der Waals surface area contributed by atoms with Crippen molar-refractivity contribution in [2.24, 2.45) is 5.92 Å². The highest BCUT2D eigenvalue weighted by atomic mass is 16.7. The predicted molar refractivity (Wildman–Crippen MR) is 42.6 cm³/mol. The Morgan fingerprint density at radius 1 is 1.33 bits per heavy atom. The van der Waals surface area contributed by atoms with Gasteiger partial charge in [-0.05, 0) is 12.8 Å². The molecular weight excluding hydrogens is 160 g/mol. The zero-order chi connectivity index (χ0) is 9.56. The Labute approximate surface area is 71.8 Å². The van der Waals surface area contributed by atoms with E-state index >= 15 is 0 Å². The molecule has 0 aromatic rings. The zero-order valence-electron chi connectivity index (χ0n) is 7.62. The molecular formula is C8H14O4. The predicted octanol–water partition coefficient (Wildman–Crippen LogP) is 1.73. The maximum atomic E-state index is 10.8. The SMILES string of the molecule is CCOC(=O)OC(=O)CC(C)C. The van der Waals surface area contributed by atoms with Crippen LogP contribution in [0.3, 0.4) is 0 Å². The third-order valence-electron chi connectivity index (χ3n) is 1.03. The van der Waals surface area contributed by atoms with E-state index < -0.39 is 12.1 Å². The van der Waals surface area contributed by atoms with Gasteiger partial charge in [-0.2, -0.15) is 0 Å². The van der Waals surface area contributed by atoms with Gasteiger partial charge in [0.05, 0.1) is 6.61 Å². The van der Waals surface area contributed by atoms with Crippen LogP contribution in [0.2, 0.25) is 0 Å². The van der Waals surface area contributed by atoms with Crippen molar-refractivity contribution in [3.05, 3.63) is 0 Å². The highest BCUT2D eigenvalue weighted by Gasteiger charge is 2.11. The highest BCUT2D eigenvalue weighted by Crippen LogP contribution is 2.01. The summed E-state index contributed by atoms with van der Waals surface area (Å²) in [7, 11) is 0. The maximum absolute atomic E-state index is 10.8. The Bertz CT molecular complexity index is 162. The van der Waals surface area contributed by atoms with Crippen LogP contribution in [0.25, 0.3) is 0 Å². The topological polar surface area (TPSA) is 52.6 Å². The van der Waals surface area contributed by atoms with Crippen molar-refractivity contribution in [1.29, 1.82) is 0 Å². The lowest BCUT2D eigenvalue weighted by molar-refractivity contribution is -0.140. The molecule has 0 unspecified atom stereocenters. The lowest BCUT2D eigenvalue weighted by atomic mass is 10.1. The molecule has 0 aliphatic heterocycles. The second-order valence-corrected chi connectivity index (χ2v) is 2.76. The molecule has 70 valence electrons. The summed E-state index contributed by atoms with van der Waals surface area (Å²) in [5, 5.41) is 0. The molecule has 0 aliphatic rings. The van der Waals surface area contributed by atoms with E-state index in [-0.39, 0.29) is 18.9 Å². The van der Waals surface area contributed by atoms with Crippen molar-refractivity contribution in [2.45, 2.75) is 27.2 Å². The van der Waals surface area contributed by atoms with Crippen molar-refractivity contribution >= 4 is 12.1 Å². The minimum atomic E-state index is -0.914. The van der Waals surface area contributed by atoms with Crippen LogP contribution < -0.4 is 0 Å². The summed E-state index contributed by atoms with van der Waals surface area (Å²) in [6.07, 6.45) is -0.679. The molecule has 0 fully saturated rings. The standard InChI is InChI=1S/C8H14O4/c1-4-11-8(10)12-7(9)5-6(2)3/h6H,4-5H2,1-3H3. The maximum Gasteiger partial charge on any atom is 0.516 e. The minimum Gasteiger partial charge on any atom is -0.434 e. The first-order valence-corrected chi connectivity index (χ1v) is 3.93. The summed E-state index contributed by atoms with van der Waals surface area (Å²) in [6.45, 7) is 5.60. The van der Waals surface area contributed by atoms with Crippen LogP contribution in [0.5, 0.6) is 0 Å². The molecule has 12 heavy (non-hydrogen) atoms. The second-order valence-electron chi connectivity index (χ2n) is 2.76. The van der Waals surface area contributed by atoms with E-state index in [1.807, 2.05) is 13.8 Å². The van der Waals surface area contributed by atoms with Crippen LogP contribution in [0, 0.1) is 5.92 Å². The fourth-order valence-electron chi connectivity index (χ4n) is 0.615. The van der Waals surface area contributed by atoms with Crippen molar-refractivity contribution in [2.75, 3.05) is 6.61 Å². The lowest BCUT2D eigenvalue weighted by Gasteiger charge is -2.03. The number of ether oxygens (including phenoxy) is 2. The summed E-state index contributed by atoms with van der Waals surface area (Å²) >= 11 is 0. The first kappa shape index (κ1) is 10.9. The van der Waals surface area contributed by atoms with Gasteiger partial charge in [0.25, 0.3) is 0 Å². The highest BCUT2D eigenvalue weighted by molar-refractivity contribution is 5.81. The number of rotatable bonds is 3. The molecule has 0 aromatic carbocycles. The molecule has 0 aliphatic carbocycles. The van der Waals surface area contributed by atoms with Crippen molar-refractivity contribution in [1.82, 2.24) is 0 Å². The van der Waals surface area contributed by atoms with Gasteiger partial charge >= 0.3 is 12.1 Å². The summed E-state index contributed by atoms with van der Waals surface area (Å²) < 4.78 is 8.71. The van der Waals surface area contributed by atoms with Crippen LogP contribution >= 0.6 is 0 Å². The molecule has 0 amide bonds. The Morgan fingerprint density at radius 2 is 1.92 bits per heavy atom. The molecule has 0 aromatic heterocycles. The summed E-state index contributed by atoms with van der Waals surface area (Å²) in [4.78, 5) is 21.4. The smallest absolute Gasteiger partial charge is 0.434 e. The van der Waals surface area contributed by atoms with Crippen molar-refractivity contribution in [3.8, 4) is 0 Å². The van der Waals surface area contributed by atoms with E-state index in [2.05, 4.69) is 9.47 Å². The zero-order valence-corrected chi connectivity index (χ0v) is 7.62. The number of hydrogen-bond acceptors (Lipinski definition) is 4. The van der Waals surface area contributed by atoms with Gasteiger partial charge in [0, 0.05) is 6.42 Å². The van der Waals surface area contributed by atoms with Crippen molar-refractivity contribution in [3.63, 3.8) is 0 Å². The van der Waals surface area contributed by atoms with Crippen LogP contribution in [-0.4, -0.2) is 18.7 Å². The normalized spacial score (nSPS) is 9.67. The van der Waals surface area contributed by atoms with Gasteiger partial charge in [-0.1, -0.05) is 13.8 Å². The number of carbonyl (C=O) groups excluding carboxylic acids is 2. The van der Waals surface area contributed by atoms with E-state index in [4.69, 9.17) is 0 Å². The summed E-state index contributed by atoms with van der Waals surface area (Å²) in [5.74, 6) is -0.352. The molecule has 0 N–H and O–H groups in total. The van der Waals surface area contributed by atoms with Crippen LogP contribution in [0.4, 0.5) is 4.79 Å². The number of esters is 1. The van der Waals surface area contributed by atoms with E-state index in [1.165, 1.54) is 0 Å². The van der Waals surface area contributed by atoms with E-state index in [1.54, 1.807) is 6.92 Å². The van der Waals surface area contributed by atoms with E-state index in [0.29, 0.717) is 0 Å². The minimum absolute atomic E-state index is 0.187. The average molecular weight is 174 g/mol. The fraction of sp³-hybridized carbons (Fsp3) is 0.750. The monoisotopic (exact) mass is 174 g/mol. The van der Waals surface area contributed by atoms with Gasteiger partial charge in [0.15, 0.2) is 0 Å². The molecule has 0 saturated carbocycles. The number of hydrogen-bond donors (Lipinski definition) is 0. The molecule has 0 rings (SSSR count). The summed E-state index contributed by atoms with van der Waals surface area (Å²) in [5.41, 5.74) is 0. The molecule has 0 heterocycles. The fourth-order valence-corrected chi connectivity index (χ4v) is 0.615.